The van der Waals surface area contributed by atoms with Crippen LogP contribution in [0.1, 0.15) is 44.7 Å². The van der Waals surface area contributed by atoms with E-state index in [-0.39, 0.29) is 0 Å². The molecule has 23 heavy (non-hydrogen) atoms. The lowest BCUT2D eigenvalue weighted by Gasteiger charge is -1.96. The van der Waals surface area contributed by atoms with Gasteiger partial charge in [-0.3, -0.25) is 0 Å². The van der Waals surface area contributed by atoms with Crippen LogP contribution in [0, 0.1) is 31.6 Å². The van der Waals surface area contributed by atoms with Gasteiger partial charge in [0.1, 0.15) is 0 Å². The highest BCUT2D eigenvalue weighted by Crippen LogP contribution is 2.03. The van der Waals surface area contributed by atoms with Crippen molar-refractivity contribution in [2.24, 2.45) is 0 Å². The minimum atomic E-state index is 1.23. The summed E-state index contributed by atoms with van der Waals surface area (Å²) in [5.74, 6) is 4.50. The molecule has 2 aromatic carbocycles. The molecule has 0 aliphatic heterocycles. The van der Waals surface area contributed by atoms with Gasteiger partial charge in [0.25, 0.3) is 0 Å². The van der Waals surface area contributed by atoms with Gasteiger partial charge < -0.3 is 0 Å². The van der Waals surface area contributed by atoms with Crippen molar-refractivity contribution in [3.8, 4) is 24.7 Å². The monoisotopic (exact) mass is 306 g/mol. The topological polar surface area (TPSA) is 0 Å². The van der Waals surface area contributed by atoms with Gasteiger partial charge in [0.2, 0.25) is 0 Å². The van der Waals surface area contributed by atoms with Gasteiger partial charge in [0.05, 0.1) is 0 Å². The zero-order valence-electron chi connectivity index (χ0n) is 15.0. The Labute approximate surface area is 144 Å². The van der Waals surface area contributed by atoms with Gasteiger partial charge in [-0.1, -0.05) is 79.6 Å². The van der Waals surface area contributed by atoms with Gasteiger partial charge in [-0.2, -0.15) is 0 Å². The maximum absolute atomic E-state index is 4.60. The van der Waals surface area contributed by atoms with Gasteiger partial charge in [-0.15, -0.1) is 24.7 Å². The van der Waals surface area contributed by atoms with Gasteiger partial charge in [-0.05, 0) is 39.2 Å². The van der Waals surface area contributed by atoms with E-state index < -0.39 is 0 Å². The molecule has 0 bridgehead atoms. The van der Waals surface area contributed by atoms with Crippen LogP contribution in [-0.2, 0) is 6.42 Å². The summed E-state index contributed by atoms with van der Waals surface area (Å²) >= 11 is 0. The fourth-order valence-electron chi connectivity index (χ4n) is 1.56. The third-order valence-electron chi connectivity index (χ3n) is 2.60. The van der Waals surface area contributed by atoms with Crippen LogP contribution in [0.25, 0.3) is 0 Å². The van der Waals surface area contributed by atoms with Gasteiger partial charge in [0.15, 0.2) is 0 Å². The van der Waals surface area contributed by atoms with E-state index in [0.29, 0.717) is 0 Å². The van der Waals surface area contributed by atoms with E-state index >= 15 is 0 Å². The lowest BCUT2D eigenvalue weighted by Crippen LogP contribution is -1.81. The summed E-state index contributed by atoms with van der Waals surface area (Å²) in [5.41, 5.74) is 2.78. The van der Waals surface area contributed by atoms with Crippen molar-refractivity contribution in [2.75, 3.05) is 0 Å². The van der Waals surface area contributed by atoms with Crippen molar-refractivity contribution in [1.82, 2.24) is 0 Å². The second-order valence-corrected chi connectivity index (χ2v) is 4.82. The average molecular weight is 306 g/mol. The molecule has 0 aliphatic rings. The summed E-state index contributed by atoms with van der Waals surface area (Å²) in [5, 5.41) is 0. The molecule has 122 valence electrons. The maximum Gasteiger partial charge on any atom is -0.00297 e. The van der Waals surface area contributed by atoms with Crippen molar-refractivity contribution < 1.29 is 0 Å². The fourth-order valence-corrected chi connectivity index (χ4v) is 1.56. The summed E-state index contributed by atoms with van der Waals surface area (Å²) in [6.45, 7) is 7.61. The van der Waals surface area contributed by atoms with E-state index in [1.54, 1.807) is 13.8 Å². The zero-order valence-corrected chi connectivity index (χ0v) is 15.0. The zero-order chi connectivity index (χ0) is 17.8. The summed E-state index contributed by atoms with van der Waals surface area (Å²) in [6.07, 6.45) is 13.0. The van der Waals surface area contributed by atoms with E-state index in [1.807, 2.05) is 18.2 Å². The first-order valence-corrected chi connectivity index (χ1v) is 7.96. The highest BCUT2D eigenvalue weighted by molar-refractivity contribution is 5.14. The smallest absolute Gasteiger partial charge is 0.00297 e. The van der Waals surface area contributed by atoms with Crippen LogP contribution in [0.5, 0.6) is 0 Å². The molecule has 0 atom stereocenters. The average Bonchev–Trinajstić information content (AvgIpc) is 2.57. The second-order valence-electron chi connectivity index (χ2n) is 4.82. The summed E-state index contributed by atoms with van der Waals surface area (Å²) < 4.78 is 0. The lowest BCUT2D eigenvalue weighted by molar-refractivity contribution is 0.795. The van der Waals surface area contributed by atoms with Crippen molar-refractivity contribution in [1.29, 1.82) is 0 Å². The molecule has 0 aliphatic carbocycles. The van der Waals surface area contributed by atoms with Crippen molar-refractivity contribution in [3.05, 3.63) is 71.8 Å². The Morgan fingerprint density at radius 3 is 1.48 bits per heavy atom. The molecule has 0 radical (unpaired) electrons. The molecule has 0 heteroatoms. The highest BCUT2D eigenvalue weighted by Gasteiger charge is 1.87. The molecule has 0 fully saturated rings. The van der Waals surface area contributed by atoms with Crippen LogP contribution < -0.4 is 0 Å². The molecule has 0 amide bonds. The van der Waals surface area contributed by atoms with Gasteiger partial charge in [0, 0.05) is 0 Å². The largest absolute Gasteiger partial charge is 0.120 e. The van der Waals surface area contributed by atoms with Crippen LogP contribution in [0.15, 0.2) is 60.7 Å². The van der Waals surface area contributed by atoms with Crippen LogP contribution in [-0.4, -0.2) is 0 Å². The molecule has 0 saturated carbocycles. The van der Waals surface area contributed by atoms with E-state index in [4.69, 9.17) is 0 Å². The Morgan fingerprint density at radius 2 is 1.17 bits per heavy atom. The predicted octanol–water partition coefficient (Wildman–Crippen LogP) is 6.30. The van der Waals surface area contributed by atoms with Gasteiger partial charge >= 0.3 is 0 Å². The van der Waals surface area contributed by atoms with E-state index in [0.717, 1.165) is 0 Å². The molecule has 0 spiro atoms. The molecule has 2 aromatic rings. The minimum absolute atomic E-state index is 1.23. The first kappa shape index (κ1) is 22.8. The number of hydrogen-bond donors (Lipinski definition) is 0. The van der Waals surface area contributed by atoms with Crippen LogP contribution in [0.3, 0.4) is 0 Å². The molecule has 0 heterocycles. The molecular weight excluding hydrogens is 276 g/mol. The van der Waals surface area contributed by atoms with E-state index in [9.17, 15) is 0 Å². The van der Waals surface area contributed by atoms with Crippen molar-refractivity contribution in [2.45, 2.75) is 47.0 Å². The molecule has 2 rings (SSSR count). The molecular formula is C23H30. The Hall–Kier alpha value is -2.44. The maximum atomic E-state index is 4.60. The van der Waals surface area contributed by atoms with Crippen molar-refractivity contribution >= 4 is 0 Å². The first-order valence-electron chi connectivity index (χ1n) is 7.96. The highest BCUT2D eigenvalue weighted by atomic mass is 13.9. The molecule has 0 N–H and O–H groups in total. The number of aryl methyl sites for hydroxylation is 2. The molecule has 0 saturated heterocycles. The number of terminal acetylenes is 2. The third-order valence-corrected chi connectivity index (χ3v) is 2.60. The Kier molecular flexibility index (Phi) is 19.4. The fraction of sp³-hybridized carbons (Fsp3) is 0.304. The standard InChI is InChI=1S/C10H14.C7H8.2C3H4/c1-2-3-7-10-8-5-4-6-9-10;1-7-5-3-2-4-6-7;2*1-3-2/h4-6,8-9H,2-3,7H2,1H3;2-6H,1H3;2*1H,2H3. The summed E-state index contributed by atoms with van der Waals surface area (Å²) in [6, 6.07) is 20.9. The quantitative estimate of drug-likeness (QED) is 0.583. The van der Waals surface area contributed by atoms with E-state index in [2.05, 4.69) is 81.0 Å². The minimum Gasteiger partial charge on any atom is -0.120 e. The molecule has 0 unspecified atom stereocenters. The number of benzene rings is 2. The number of hydrogen-bond acceptors (Lipinski definition) is 0. The second kappa shape index (κ2) is 19.6. The third kappa shape index (κ3) is 19.6. The van der Waals surface area contributed by atoms with E-state index in [1.165, 1.54) is 30.4 Å². The normalized spacial score (nSPS) is 7.57. The molecule has 0 nitrogen and oxygen atoms in total. The van der Waals surface area contributed by atoms with Gasteiger partial charge in [-0.25, -0.2) is 0 Å². The summed E-state index contributed by atoms with van der Waals surface area (Å²) in [7, 11) is 0. The summed E-state index contributed by atoms with van der Waals surface area (Å²) in [4.78, 5) is 0. The molecule has 0 aromatic heterocycles. The lowest BCUT2D eigenvalue weighted by atomic mass is 10.1. The van der Waals surface area contributed by atoms with Crippen LogP contribution in [0.4, 0.5) is 0 Å². The SMILES string of the molecule is C#CC.C#CC.CCCCc1ccccc1.Cc1ccccc1. The Balaban J connectivity index is 0. The van der Waals surface area contributed by atoms with Crippen molar-refractivity contribution in [3.63, 3.8) is 0 Å². The number of rotatable bonds is 3. The van der Waals surface area contributed by atoms with Crippen LogP contribution in [0.2, 0.25) is 0 Å². The Bertz CT molecular complexity index is 512. The first-order chi connectivity index (χ1) is 11.2. The predicted molar refractivity (Wildman–Crippen MR) is 105 cm³/mol. The Morgan fingerprint density at radius 1 is 0.783 bits per heavy atom. The number of unbranched alkanes of at least 4 members (excludes halogenated alkanes) is 1. The van der Waals surface area contributed by atoms with Crippen LogP contribution >= 0.6 is 0 Å².